The molecule has 0 bridgehead atoms. The lowest BCUT2D eigenvalue weighted by Crippen LogP contribution is -2.24. The molecular formula is C26H27F4N. The average molecular weight is 430 g/mol. The molecule has 0 heterocycles. The molecule has 0 saturated carbocycles. The molecule has 0 radical (unpaired) electrons. The molecule has 0 amide bonds. The van der Waals surface area contributed by atoms with Crippen LogP contribution < -0.4 is 5.73 Å². The van der Waals surface area contributed by atoms with E-state index in [1.165, 1.54) is 38.1 Å². The molecule has 3 aromatic carbocycles. The van der Waals surface area contributed by atoms with E-state index < -0.39 is 34.1 Å². The minimum atomic E-state index is -0.760. The number of rotatable bonds is 4. The monoisotopic (exact) mass is 429 g/mol. The molecular weight excluding hydrogens is 402 g/mol. The van der Waals surface area contributed by atoms with Gasteiger partial charge < -0.3 is 5.73 Å². The zero-order chi connectivity index (χ0) is 23.3. The lowest BCUT2D eigenvalue weighted by atomic mass is 9.73. The molecule has 0 spiro atoms. The van der Waals surface area contributed by atoms with E-state index in [0.29, 0.717) is 22.4 Å². The number of nitrogen functional groups attached to an aromatic ring is 1. The minimum absolute atomic E-state index is 0.0197. The maximum Gasteiger partial charge on any atom is 0.129 e. The lowest BCUT2D eigenvalue weighted by molar-refractivity contribution is 0.546. The van der Waals surface area contributed by atoms with Crippen LogP contribution in [-0.4, -0.2) is 0 Å². The highest BCUT2D eigenvalue weighted by atomic mass is 19.1. The zero-order valence-electron chi connectivity index (χ0n) is 18.6. The highest BCUT2D eigenvalue weighted by Gasteiger charge is 2.30. The van der Waals surface area contributed by atoms with Crippen LogP contribution in [0, 0.1) is 37.1 Å². The Morgan fingerprint density at radius 2 is 0.968 bits per heavy atom. The Hall–Kier alpha value is -2.82. The fourth-order valence-electron chi connectivity index (χ4n) is 3.86. The summed E-state index contributed by atoms with van der Waals surface area (Å²) >= 11 is 0. The summed E-state index contributed by atoms with van der Waals surface area (Å²) < 4.78 is 56.6. The van der Waals surface area contributed by atoms with Gasteiger partial charge in [-0.3, -0.25) is 0 Å². The van der Waals surface area contributed by atoms with Crippen LogP contribution in [0.2, 0.25) is 0 Å². The van der Waals surface area contributed by atoms with Crippen LogP contribution in [0.3, 0.4) is 0 Å². The van der Waals surface area contributed by atoms with E-state index in [2.05, 4.69) is 0 Å². The molecule has 0 aliphatic rings. The van der Waals surface area contributed by atoms with Gasteiger partial charge >= 0.3 is 0 Å². The molecule has 0 atom stereocenters. The molecule has 5 heteroatoms. The van der Waals surface area contributed by atoms with Crippen LogP contribution in [0.25, 0.3) is 0 Å². The molecule has 0 unspecified atom stereocenters. The number of hydrogen-bond acceptors (Lipinski definition) is 1. The molecule has 0 saturated heterocycles. The summed E-state index contributed by atoms with van der Waals surface area (Å²) in [6.45, 7) is 10.2. The van der Waals surface area contributed by atoms with Gasteiger partial charge in [-0.2, -0.15) is 0 Å². The Balaban J connectivity index is 2.07. The van der Waals surface area contributed by atoms with Gasteiger partial charge in [0.15, 0.2) is 0 Å². The van der Waals surface area contributed by atoms with Crippen molar-refractivity contribution < 1.29 is 17.6 Å². The molecule has 0 aliphatic heterocycles. The van der Waals surface area contributed by atoms with E-state index >= 15 is 0 Å². The molecule has 0 aliphatic carbocycles. The van der Waals surface area contributed by atoms with E-state index in [-0.39, 0.29) is 11.1 Å². The summed E-state index contributed by atoms with van der Waals surface area (Å²) in [5.41, 5.74) is 7.72. The predicted octanol–water partition coefficient (Wildman–Crippen LogP) is 7.09. The summed E-state index contributed by atoms with van der Waals surface area (Å²) in [6.07, 6.45) is 0. The van der Waals surface area contributed by atoms with Gasteiger partial charge in [0.25, 0.3) is 0 Å². The number of hydrogen-bond donors (Lipinski definition) is 1. The second-order valence-electron chi connectivity index (χ2n) is 9.18. The van der Waals surface area contributed by atoms with Crippen LogP contribution in [0.15, 0.2) is 42.5 Å². The van der Waals surface area contributed by atoms with Crippen LogP contribution in [0.4, 0.5) is 23.2 Å². The van der Waals surface area contributed by atoms with Gasteiger partial charge in [-0.25, -0.2) is 17.6 Å². The van der Waals surface area contributed by atoms with Gasteiger partial charge in [-0.15, -0.1) is 0 Å². The molecule has 1 nitrogen and oxygen atoms in total. The number of benzene rings is 3. The zero-order valence-corrected chi connectivity index (χ0v) is 18.6. The Bertz CT molecular complexity index is 1120. The smallest absolute Gasteiger partial charge is 0.129 e. The predicted molar refractivity (Wildman–Crippen MR) is 117 cm³/mol. The molecule has 2 N–H and O–H groups in total. The fourth-order valence-corrected chi connectivity index (χ4v) is 3.86. The second kappa shape index (κ2) is 7.70. The largest absolute Gasteiger partial charge is 0.398 e. The first-order chi connectivity index (χ1) is 14.3. The normalized spacial score (nSPS) is 12.3. The third kappa shape index (κ3) is 3.93. The Kier molecular flexibility index (Phi) is 5.68. The van der Waals surface area contributed by atoms with E-state index in [1.54, 1.807) is 6.07 Å². The van der Waals surface area contributed by atoms with Crippen LogP contribution >= 0.6 is 0 Å². The van der Waals surface area contributed by atoms with E-state index in [4.69, 9.17) is 5.73 Å². The first-order valence-corrected chi connectivity index (χ1v) is 10.1. The number of anilines is 1. The third-order valence-corrected chi connectivity index (χ3v) is 6.45. The summed E-state index contributed by atoms with van der Waals surface area (Å²) in [7, 11) is 0. The molecule has 3 aromatic rings. The molecule has 31 heavy (non-hydrogen) atoms. The highest BCUT2D eigenvalue weighted by molar-refractivity contribution is 5.58. The van der Waals surface area contributed by atoms with Crippen molar-refractivity contribution in [1.29, 1.82) is 0 Å². The first-order valence-electron chi connectivity index (χ1n) is 10.1. The van der Waals surface area contributed by atoms with Crippen LogP contribution in [-0.2, 0) is 10.8 Å². The van der Waals surface area contributed by atoms with E-state index in [1.807, 2.05) is 39.8 Å². The molecule has 0 fully saturated rings. The first kappa shape index (κ1) is 22.9. The van der Waals surface area contributed by atoms with Crippen molar-refractivity contribution in [3.63, 3.8) is 0 Å². The second-order valence-corrected chi connectivity index (χ2v) is 9.18. The Labute approximate surface area is 180 Å². The van der Waals surface area contributed by atoms with Crippen molar-refractivity contribution in [1.82, 2.24) is 0 Å². The summed E-state index contributed by atoms with van der Waals surface area (Å²) in [6, 6.07) is 10.7. The summed E-state index contributed by atoms with van der Waals surface area (Å²) in [5.74, 6) is -2.42. The highest BCUT2D eigenvalue weighted by Crippen LogP contribution is 2.40. The van der Waals surface area contributed by atoms with Gasteiger partial charge in [-0.1, -0.05) is 39.8 Å². The van der Waals surface area contributed by atoms with E-state index in [0.717, 1.165) is 5.56 Å². The standard InChI is InChI=1S/C26H27F4N/c1-14-20(27)9-17(10-21(14)28)25(3,4)16-7-8-19(24(31)13-16)26(5,6)18-11-22(29)15(2)23(30)12-18/h7-13H,31H2,1-6H3. The van der Waals surface area contributed by atoms with Crippen molar-refractivity contribution >= 4 is 5.69 Å². The van der Waals surface area contributed by atoms with Gasteiger partial charge in [0.05, 0.1) is 0 Å². The topological polar surface area (TPSA) is 26.0 Å². The summed E-state index contributed by atoms with van der Waals surface area (Å²) in [4.78, 5) is 0. The van der Waals surface area contributed by atoms with E-state index in [9.17, 15) is 17.6 Å². The van der Waals surface area contributed by atoms with Gasteiger partial charge in [0, 0.05) is 27.6 Å². The molecule has 164 valence electrons. The van der Waals surface area contributed by atoms with Crippen molar-refractivity contribution in [3.05, 3.63) is 99.1 Å². The number of nitrogens with two attached hydrogens (primary N) is 1. The maximum atomic E-state index is 14.2. The van der Waals surface area contributed by atoms with Gasteiger partial charge in [-0.05, 0) is 66.4 Å². The van der Waals surface area contributed by atoms with Crippen molar-refractivity contribution in [2.45, 2.75) is 52.4 Å². The van der Waals surface area contributed by atoms with Gasteiger partial charge in [0.1, 0.15) is 23.3 Å². The fraction of sp³-hybridized carbons (Fsp3) is 0.308. The molecule has 0 aromatic heterocycles. The van der Waals surface area contributed by atoms with Crippen molar-refractivity contribution in [2.24, 2.45) is 0 Å². The lowest BCUT2D eigenvalue weighted by Gasteiger charge is -2.31. The number of halogens is 4. The maximum absolute atomic E-state index is 14.2. The van der Waals surface area contributed by atoms with Gasteiger partial charge in [0.2, 0.25) is 0 Å². The van der Waals surface area contributed by atoms with Crippen LogP contribution in [0.5, 0.6) is 0 Å². The Morgan fingerprint density at radius 3 is 1.35 bits per heavy atom. The SMILES string of the molecule is Cc1c(F)cc(C(C)(C)c2ccc(C(C)(C)c3cc(F)c(C)c(F)c3)c(N)c2)cc1F. The summed E-state index contributed by atoms with van der Waals surface area (Å²) in [5, 5.41) is 0. The van der Waals surface area contributed by atoms with Crippen molar-refractivity contribution in [3.8, 4) is 0 Å². The third-order valence-electron chi connectivity index (χ3n) is 6.45. The minimum Gasteiger partial charge on any atom is -0.398 e. The average Bonchev–Trinajstić information content (AvgIpc) is 2.69. The van der Waals surface area contributed by atoms with Crippen LogP contribution in [0.1, 0.15) is 61.1 Å². The quantitative estimate of drug-likeness (QED) is 0.348. The Morgan fingerprint density at radius 1 is 0.581 bits per heavy atom. The molecule has 3 rings (SSSR count). The van der Waals surface area contributed by atoms with Crippen molar-refractivity contribution in [2.75, 3.05) is 5.73 Å².